The van der Waals surface area contributed by atoms with Gasteiger partial charge in [0.25, 0.3) is 0 Å². The topological polar surface area (TPSA) is 173 Å². The Morgan fingerprint density at radius 1 is 0.667 bits per heavy atom. The summed E-state index contributed by atoms with van der Waals surface area (Å²) in [4.78, 5) is 9.50. The molecule has 5 rings (SSSR count). The molecule has 13 nitrogen and oxygen atoms in total. The van der Waals surface area contributed by atoms with E-state index < -0.39 is 19.7 Å². The minimum Gasteiger partial charge on any atom is -0.486 e. The average Bonchev–Trinajstić information content (AvgIpc) is 3.01. The Labute approximate surface area is 261 Å². The van der Waals surface area contributed by atoms with Crippen LogP contribution >= 0.6 is 0 Å². The highest BCUT2D eigenvalue weighted by Gasteiger charge is 2.14. The number of benzene rings is 3. The first-order valence-corrected chi connectivity index (χ1v) is 17.4. The van der Waals surface area contributed by atoms with Crippen LogP contribution in [0.3, 0.4) is 0 Å². The van der Waals surface area contributed by atoms with E-state index in [1.165, 1.54) is 24.3 Å². The van der Waals surface area contributed by atoms with Gasteiger partial charge in [0, 0.05) is 30.3 Å². The lowest BCUT2D eigenvalue weighted by atomic mass is 10.1. The molecule has 1 aliphatic heterocycles. The van der Waals surface area contributed by atoms with Crippen LogP contribution in [0.1, 0.15) is 25.0 Å². The van der Waals surface area contributed by atoms with Crippen LogP contribution in [0.25, 0.3) is 0 Å². The van der Waals surface area contributed by atoms with E-state index in [1.807, 2.05) is 6.07 Å². The second-order valence-electron chi connectivity index (χ2n) is 10.2. The SMILES string of the molecule is CC(=NNc1cc(NN=C(C)c2ccc(S(C)(=O)=O)cc2)nc(Nc2ccc3c(c2)OCCO3)n1)c1ccc(S(C)(=O)=O)cc1. The van der Waals surface area contributed by atoms with Crippen LogP contribution in [0.5, 0.6) is 11.5 Å². The minimum absolute atomic E-state index is 0.218. The number of aromatic nitrogens is 2. The molecule has 45 heavy (non-hydrogen) atoms. The first-order valence-electron chi connectivity index (χ1n) is 13.6. The third-order valence-corrected chi connectivity index (χ3v) is 8.86. The van der Waals surface area contributed by atoms with E-state index >= 15 is 0 Å². The van der Waals surface area contributed by atoms with Gasteiger partial charge in [-0.3, -0.25) is 10.9 Å². The number of hydrogen-bond acceptors (Lipinski definition) is 13. The van der Waals surface area contributed by atoms with Crippen LogP contribution < -0.4 is 25.6 Å². The first-order chi connectivity index (χ1) is 21.3. The molecule has 0 aliphatic carbocycles. The van der Waals surface area contributed by atoms with E-state index in [1.54, 1.807) is 56.3 Å². The van der Waals surface area contributed by atoms with Gasteiger partial charge in [-0.2, -0.15) is 20.2 Å². The summed E-state index contributed by atoms with van der Waals surface area (Å²) in [5, 5.41) is 12.0. The van der Waals surface area contributed by atoms with Crippen molar-refractivity contribution in [3.63, 3.8) is 0 Å². The number of hydrogen-bond donors (Lipinski definition) is 3. The Hall–Kier alpha value is -5.02. The Morgan fingerprint density at radius 3 is 1.60 bits per heavy atom. The fraction of sp³-hybridized carbons (Fsp3) is 0.200. The van der Waals surface area contributed by atoms with E-state index in [-0.39, 0.29) is 15.7 Å². The molecule has 0 fully saturated rings. The molecule has 4 aromatic rings. The molecule has 2 heterocycles. The van der Waals surface area contributed by atoms with Crippen molar-refractivity contribution in [2.45, 2.75) is 23.6 Å². The number of fused-ring (bicyclic) bond motifs is 1. The van der Waals surface area contributed by atoms with Gasteiger partial charge >= 0.3 is 0 Å². The standard InChI is InChI=1S/C30H31N7O6S2/c1-19(21-5-10-24(11-6-21)44(3,38)39)34-36-28-18-29(37-35-20(2)22-7-12-25(13-8-22)45(4,40)41)33-30(32-28)31-23-9-14-26-27(17-23)43-16-15-42-26/h5-14,17-18H,15-16H2,1-4H3,(H3,31,32,33,36,37). The maximum atomic E-state index is 11.8. The molecule has 3 N–H and O–H groups in total. The van der Waals surface area contributed by atoms with Crippen molar-refractivity contribution in [2.24, 2.45) is 10.2 Å². The van der Waals surface area contributed by atoms with Crippen LogP contribution in [0.15, 0.2) is 92.8 Å². The summed E-state index contributed by atoms with van der Waals surface area (Å²) in [6.07, 6.45) is 2.31. The number of nitrogens with zero attached hydrogens (tertiary/aromatic N) is 4. The van der Waals surface area contributed by atoms with Gasteiger partial charge in [0.05, 0.1) is 21.2 Å². The average molecular weight is 650 g/mol. The first kappa shape index (κ1) is 31.4. The van der Waals surface area contributed by atoms with Crippen LogP contribution in [0, 0.1) is 0 Å². The molecule has 0 atom stereocenters. The molecular weight excluding hydrogens is 619 g/mol. The molecule has 0 unspecified atom stereocenters. The lowest BCUT2D eigenvalue weighted by molar-refractivity contribution is 0.171. The molecule has 0 saturated carbocycles. The predicted octanol–water partition coefficient (Wildman–Crippen LogP) is 4.47. The maximum Gasteiger partial charge on any atom is 0.231 e. The van der Waals surface area contributed by atoms with Crippen molar-refractivity contribution in [2.75, 3.05) is 41.9 Å². The zero-order chi connectivity index (χ0) is 32.2. The van der Waals surface area contributed by atoms with E-state index in [0.29, 0.717) is 53.5 Å². The Balaban J connectivity index is 1.40. The highest BCUT2D eigenvalue weighted by Crippen LogP contribution is 2.33. The van der Waals surface area contributed by atoms with E-state index in [2.05, 4.69) is 36.3 Å². The predicted molar refractivity (Wildman–Crippen MR) is 174 cm³/mol. The summed E-state index contributed by atoms with van der Waals surface area (Å²) in [6, 6.07) is 19.8. The van der Waals surface area contributed by atoms with Gasteiger partial charge in [-0.1, -0.05) is 24.3 Å². The lowest BCUT2D eigenvalue weighted by Crippen LogP contribution is -2.15. The van der Waals surface area contributed by atoms with Gasteiger partial charge in [0.2, 0.25) is 5.95 Å². The number of nitrogens with one attached hydrogen (secondary N) is 3. The fourth-order valence-electron chi connectivity index (χ4n) is 4.17. The van der Waals surface area contributed by atoms with Crippen LogP contribution in [-0.4, -0.2) is 64.0 Å². The Bertz CT molecular complexity index is 1880. The lowest BCUT2D eigenvalue weighted by Gasteiger charge is -2.19. The number of ether oxygens (including phenoxy) is 2. The summed E-state index contributed by atoms with van der Waals surface area (Å²) >= 11 is 0. The normalized spacial score (nSPS) is 13.7. The molecular formula is C30H31N7O6S2. The highest BCUT2D eigenvalue weighted by molar-refractivity contribution is 7.91. The fourth-order valence-corrected chi connectivity index (χ4v) is 5.43. The minimum atomic E-state index is -3.31. The zero-order valence-corrected chi connectivity index (χ0v) is 26.5. The monoisotopic (exact) mass is 649 g/mol. The quantitative estimate of drug-likeness (QED) is 0.163. The van der Waals surface area contributed by atoms with Gasteiger partial charge in [-0.05, 0) is 61.4 Å². The van der Waals surface area contributed by atoms with Crippen LogP contribution in [0.4, 0.5) is 23.3 Å². The number of hydrazone groups is 2. The zero-order valence-electron chi connectivity index (χ0n) is 24.9. The van der Waals surface area contributed by atoms with E-state index in [9.17, 15) is 16.8 Å². The summed E-state index contributed by atoms with van der Waals surface area (Å²) in [7, 11) is -6.63. The van der Waals surface area contributed by atoms with Gasteiger partial charge < -0.3 is 14.8 Å². The largest absolute Gasteiger partial charge is 0.486 e. The summed E-state index contributed by atoms with van der Waals surface area (Å²) in [6.45, 7) is 4.48. The van der Waals surface area contributed by atoms with Gasteiger partial charge in [-0.15, -0.1) is 0 Å². The number of rotatable bonds is 10. The molecule has 0 saturated heterocycles. The van der Waals surface area contributed by atoms with Crippen LogP contribution in [0.2, 0.25) is 0 Å². The molecule has 0 amide bonds. The van der Waals surface area contributed by atoms with Crippen molar-refractivity contribution in [1.29, 1.82) is 0 Å². The van der Waals surface area contributed by atoms with Crippen molar-refractivity contribution >= 4 is 54.4 Å². The molecule has 0 bridgehead atoms. The molecule has 234 valence electrons. The van der Waals surface area contributed by atoms with Crippen LogP contribution in [-0.2, 0) is 19.7 Å². The third kappa shape index (κ3) is 8.13. The third-order valence-electron chi connectivity index (χ3n) is 6.60. The number of sulfone groups is 2. The van der Waals surface area contributed by atoms with E-state index in [0.717, 1.165) is 23.6 Å². The van der Waals surface area contributed by atoms with Crippen molar-refractivity contribution in [1.82, 2.24) is 9.97 Å². The summed E-state index contributed by atoms with van der Waals surface area (Å²) in [5.74, 6) is 2.15. The van der Waals surface area contributed by atoms with Gasteiger partial charge in [0.15, 0.2) is 42.8 Å². The summed E-state index contributed by atoms with van der Waals surface area (Å²) in [5.41, 5.74) is 9.16. The maximum absolute atomic E-state index is 11.8. The van der Waals surface area contributed by atoms with Crippen molar-refractivity contribution in [3.8, 4) is 11.5 Å². The molecule has 1 aromatic heterocycles. The molecule has 15 heteroatoms. The van der Waals surface area contributed by atoms with Crippen molar-refractivity contribution < 1.29 is 26.3 Å². The smallest absolute Gasteiger partial charge is 0.231 e. The Kier molecular flexibility index (Phi) is 9.01. The van der Waals surface area contributed by atoms with E-state index in [4.69, 9.17) is 9.47 Å². The second-order valence-corrected chi connectivity index (χ2v) is 14.2. The number of anilines is 4. The highest BCUT2D eigenvalue weighted by atomic mass is 32.2. The Morgan fingerprint density at radius 2 is 1.13 bits per heavy atom. The summed E-state index contributed by atoms with van der Waals surface area (Å²) < 4.78 is 58.5. The molecule has 0 spiro atoms. The van der Waals surface area contributed by atoms with Gasteiger partial charge in [0.1, 0.15) is 13.2 Å². The molecule has 1 aliphatic rings. The van der Waals surface area contributed by atoms with Crippen molar-refractivity contribution in [3.05, 3.63) is 83.9 Å². The second kappa shape index (κ2) is 12.9. The molecule has 0 radical (unpaired) electrons. The molecule has 3 aromatic carbocycles. The van der Waals surface area contributed by atoms with Gasteiger partial charge in [-0.25, -0.2) is 16.8 Å².